The van der Waals surface area contributed by atoms with E-state index in [0.717, 1.165) is 39.7 Å². The van der Waals surface area contributed by atoms with Gasteiger partial charge in [0, 0.05) is 29.2 Å². The van der Waals surface area contributed by atoms with E-state index < -0.39 is 23.2 Å². The fourth-order valence-corrected chi connectivity index (χ4v) is 3.87. The minimum atomic E-state index is -0.940. The van der Waals surface area contributed by atoms with E-state index in [9.17, 15) is 14.4 Å². The molecule has 1 aliphatic rings. The van der Waals surface area contributed by atoms with Crippen LogP contribution in [-0.2, 0) is 20.9 Å². The number of benzene rings is 1. The molecule has 2 aromatic rings. The zero-order valence-electron chi connectivity index (χ0n) is 14.9. The van der Waals surface area contributed by atoms with Crippen LogP contribution in [0, 0.1) is 0 Å². The second kappa shape index (κ2) is 7.37. The van der Waals surface area contributed by atoms with Gasteiger partial charge in [0.15, 0.2) is 0 Å². The zero-order valence-corrected chi connectivity index (χ0v) is 15.7. The number of carbonyl (C=O) groups is 3. The summed E-state index contributed by atoms with van der Waals surface area (Å²) in [4.78, 5) is 38.1. The molecule has 0 radical (unpaired) electrons. The van der Waals surface area contributed by atoms with Crippen molar-refractivity contribution in [2.24, 2.45) is 0 Å². The molecule has 1 atom stereocenters. The Morgan fingerprint density at radius 1 is 1.27 bits per heavy atom. The summed E-state index contributed by atoms with van der Waals surface area (Å²) in [5.74, 6) is -1.05. The van der Waals surface area contributed by atoms with Gasteiger partial charge in [-0.2, -0.15) is 0 Å². The Morgan fingerprint density at radius 2 is 2.00 bits per heavy atom. The Kier molecular flexibility index (Phi) is 5.18. The van der Waals surface area contributed by atoms with Gasteiger partial charge in [-0.25, -0.2) is 4.79 Å². The first-order chi connectivity index (χ1) is 12.5. The third-order valence-corrected chi connectivity index (χ3v) is 5.17. The number of fused-ring (bicyclic) bond motifs is 1. The molecule has 1 aromatic carbocycles. The van der Waals surface area contributed by atoms with E-state index in [1.807, 2.05) is 37.4 Å². The molecule has 0 unspecified atom stereocenters. The Bertz CT molecular complexity index is 915. The maximum atomic E-state index is 12.7. The van der Waals surface area contributed by atoms with Crippen LogP contribution in [0.25, 0.3) is 17.0 Å². The van der Waals surface area contributed by atoms with Crippen LogP contribution in [0.2, 0.25) is 0 Å². The molecule has 1 fully saturated rings. The number of rotatable bonds is 5. The number of amides is 2. The summed E-state index contributed by atoms with van der Waals surface area (Å²) in [5.41, 5.74) is 1.94. The lowest BCUT2D eigenvalue weighted by Gasteiger charge is -2.19. The molecule has 0 N–H and O–H groups in total. The number of esters is 1. The molecule has 6 nitrogen and oxygen atoms in total. The Labute approximate surface area is 155 Å². The van der Waals surface area contributed by atoms with Crippen molar-refractivity contribution in [1.82, 2.24) is 9.47 Å². The normalized spacial score (nSPS) is 17.3. The maximum absolute atomic E-state index is 12.7. The fraction of sp³-hybridized carbons (Fsp3) is 0.316. The van der Waals surface area contributed by atoms with Crippen LogP contribution in [-0.4, -0.2) is 39.2 Å². The molecule has 0 saturated carbocycles. The van der Waals surface area contributed by atoms with Crippen molar-refractivity contribution in [1.29, 1.82) is 0 Å². The summed E-state index contributed by atoms with van der Waals surface area (Å²) < 4.78 is 7.01. The number of ether oxygens (including phenoxy) is 1. The number of para-hydroxylation sites is 1. The van der Waals surface area contributed by atoms with Crippen molar-refractivity contribution in [3.05, 3.63) is 40.9 Å². The summed E-state index contributed by atoms with van der Waals surface area (Å²) in [7, 11) is 0. The van der Waals surface area contributed by atoms with E-state index in [2.05, 4.69) is 4.57 Å². The molecular weight excluding hydrogens is 352 g/mol. The van der Waals surface area contributed by atoms with Crippen LogP contribution >= 0.6 is 11.8 Å². The van der Waals surface area contributed by atoms with Gasteiger partial charge < -0.3 is 9.30 Å². The van der Waals surface area contributed by atoms with E-state index in [4.69, 9.17) is 4.74 Å². The van der Waals surface area contributed by atoms with Gasteiger partial charge in [0.2, 0.25) is 0 Å². The first-order valence-corrected chi connectivity index (χ1v) is 9.31. The molecule has 1 aromatic heterocycles. The topological polar surface area (TPSA) is 68.6 Å². The molecule has 3 rings (SSSR count). The molecular formula is C19H20N2O4S. The third kappa shape index (κ3) is 3.14. The molecule has 2 amide bonds. The molecule has 1 saturated heterocycles. The second-order valence-corrected chi connectivity index (χ2v) is 6.86. The third-order valence-electron chi connectivity index (χ3n) is 4.29. The molecule has 1 aliphatic heterocycles. The lowest BCUT2D eigenvalue weighted by atomic mass is 10.1. The van der Waals surface area contributed by atoms with Crippen LogP contribution in [0.1, 0.15) is 26.3 Å². The minimum Gasteiger partial charge on any atom is -0.464 e. The predicted molar refractivity (Wildman–Crippen MR) is 102 cm³/mol. The minimum absolute atomic E-state index is 0.200. The Morgan fingerprint density at radius 3 is 2.69 bits per heavy atom. The van der Waals surface area contributed by atoms with E-state index in [-0.39, 0.29) is 6.61 Å². The van der Waals surface area contributed by atoms with Crippen molar-refractivity contribution < 1.29 is 19.1 Å². The molecule has 26 heavy (non-hydrogen) atoms. The van der Waals surface area contributed by atoms with Crippen molar-refractivity contribution >= 4 is 45.9 Å². The molecule has 0 aliphatic carbocycles. The number of imide groups is 1. The van der Waals surface area contributed by atoms with Crippen molar-refractivity contribution in [3.63, 3.8) is 0 Å². The number of hydrogen-bond acceptors (Lipinski definition) is 5. The van der Waals surface area contributed by atoms with Gasteiger partial charge in [0.1, 0.15) is 6.04 Å². The Hall–Kier alpha value is -2.54. The second-order valence-electron chi connectivity index (χ2n) is 5.87. The average molecular weight is 372 g/mol. The number of nitrogens with zero attached hydrogens (tertiary/aromatic N) is 2. The summed E-state index contributed by atoms with van der Waals surface area (Å²) in [6.45, 7) is 6.23. The smallest absolute Gasteiger partial charge is 0.329 e. The highest BCUT2D eigenvalue weighted by Gasteiger charge is 2.41. The van der Waals surface area contributed by atoms with Gasteiger partial charge in [-0.1, -0.05) is 18.2 Å². The lowest BCUT2D eigenvalue weighted by molar-refractivity contribution is -0.150. The van der Waals surface area contributed by atoms with E-state index in [1.54, 1.807) is 13.0 Å². The predicted octanol–water partition coefficient (Wildman–Crippen LogP) is 3.65. The standard InChI is InChI=1S/C19H20N2O4S/c1-4-20-11-13(14-8-6-7-9-15(14)20)10-16-17(22)21(19(24)26-16)12(3)18(23)25-5-2/h6-12H,4-5H2,1-3H3/b16-10+/t12-/m1/s1. The highest BCUT2D eigenvalue weighted by molar-refractivity contribution is 8.18. The summed E-state index contributed by atoms with van der Waals surface area (Å²) in [5, 5.41) is 0.556. The van der Waals surface area contributed by atoms with Crippen LogP contribution < -0.4 is 0 Å². The van der Waals surface area contributed by atoms with Gasteiger partial charge in [-0.3, -0.25) is 14.5 Å². The number of carbonyl (C=O) groups excluding carboxylic acids is 3. The van der Waals surface area contributed by atoms with Gasteiger partial charge in [-0.05, 0) is 44.7 Å². The largest absolute Gasteiger partial charge is 0.464 e. The van der Waals surface area contributed by atoms with Crippen LogP contribution in [0.3, 0.4) is 0 Å². The first-order valence-electron chi connectivity index (χ1n) is 8.49. The van der Waals surface area contributed by atoms with Crippen LogP contribution in [0.4, 0.5) is 4.79 Å². The molecule has 136 valence electrons. The van der Waals surface area contributed by atoms with E-state index >= 15 is 0 Å². The van der Waals surface area contributed by atoms with E-state index in [1.165, 1.54) is 6.92 Å². The highest BCUT2D eigenvalue weighted by atomic mass is 32.2. The van der Waals surface area contributed by atoms with Gasteiger partial charge >= 0.3 is 5.97 Å². The quantitative estimate of drug-likeness (QED) is 0.592. The molecule has 2 heterocycles. The monoisotopic (exact) mass is 372 g/mol. The van der Waals surface area contributed by atoms with Crippen LogP contribution in [0.5, 0.6) is 0 Å². The average Bonchev–Trinajstić information content (AvgIpc) is 3.12. The SMILES string of the molecule is CCOC(=O)[C@@H](C)N1C(=O)S/C(=C/c2cn(CC)c3ccccc23)C1=O. The number of aromatic nitrogens is 1. The van der Waals surface area contributed by atoms with Gasteiger partial charge in [0.25, 0.3) is 11.1 Å². The molecule has 0 spiro atoms. The first kappa shape index (κ1) is 18.3. The van der Waals surface area contributed by atoms with Crippen molar-refractivity contribution in [3.8, 4) is 0 Å². The van der Waals surface area contributed by atoms with E-state index in [0.29, 0.717) is 4.91 Å². The summed E-state index contributed by atoms with van der Waals surface area (Å²) in [6.07, 6.45) is 3.69. The zero-order chi connectivity index (χ0) is 18.8. The van der Waals surface area contributed by atoms with Gasteiger partial charge in [0.05, 0.1) is 11.5 Å². The number of hydrogen-bond donors (Lipinski definition) is 0. The number of aryl methyl sites for hydroxylation is 1. The molecule has 0 bridgehead atoms. The van der Waals surface area contributed by atoms with Gasteiger partial charge in [-0.15, -0.1) is 0 Å². The van der Waals surface area contributed by atoms with Crippen LogP contribution in [0.15, 0.2) is 35.4 Å². The maximum Gasteiger partial charge on any atom is 0.329 e. The van der Waals surface area contributed by atoms with Crippen molar-refractivity contribution in [2.75, 3.05) is 6.61 Å². The number of thioether (sulfide) groups is 1. The fourth-order valence-electron chi connectivity index (χ4n) is 2.98. The van der Waals surface area contributed by atoms with Crippen molar-refractivity contribution in [2.45, 2.75) is 33.4 Å². The lowest BCUT2D eigenvalue weighted by Crippen LogP contribution is -2.42. The highest BCUT2D eigenvalue weighted by Crippen LogP contribution is 2.35. The molecule has 7 heteroatoms. The Balaban J connectivity index is 1.95. The summed E-state index contributed by atoms with van der Waals surface area (Å²) in [6, 6.07) is 6.97. The summed E-state index contributed by atoms with van der Waals surface area (Å²) >= 11 is 0.847.